The summed E-state index contributed by atoms with van der Waals surface area (Å²) in [5.41, 5.74) is 1.37. The van der Waals surface area contributed by atoms with Crippen LogP contribution in [0.1, 0.15) is 27.2 Å². The number of hydrogen-bond donors (Lipinski definition) is 1. The summed E-state index contributed by atoms with van der Waals surface area (Å²) in [4.78, 5) is 21.9. The Morgan fingerprint density at radius 3 is 2.69 bits per heavy atom. The Labute approximate surface area is 172 Å². The van der Waals surface area contributed by atoms with Crippen molar-refractivity contribution in [2.75, 3.05) is 51.3 Å². The molecule has 0 bridgehead atoms. The highest BCUT2D eigenvalue weighted by Gasteiger charge is 2.24. The van der Waals surface area contributed by atoms with Crippen LogP contribution in [0.3, 0.4) is 0 Å². The Hall–Kier alpha value is -2.48. The van der Waals surface area contributed by atoms with Crippen molar-refractivity contribution in [2.45, 2.75) is 38.9 Å². The fourth-order valence-corrected chi connectivity index (χ4v) is 3.24. The van der Waals surface area contributed by atoms with E-state index in [4.69, 9.17) is 14.3 Å². The molecule has 8 heteroatoms. The molecular formula is C21H32N4O4. The number of alkyl carbamates (subject to hydrolysis) is 1. The number of nitrogens with zero attached hydrogens (tertiary/aromatic N) is 3. The molecule has 1 aromatic rings. The molecule has 160 valence electrons. The van der Waals surface area contributed by atoms with Crippen molar-refractivity contribution < 1.29 is 19.1 Å². The maximum absolute atomic E-state index is 11.8. The van der Waals surface area contributed by atoms with Gasteiger partial charge in [-0.3, -0.25) is 0 Å². The zero-order chi connectivity index (χ0) is 20.9. The van der Waals surface area contributed by atoms with Gasteiger partial charge in [0.05, 0.1) is 17.9 Å². The minimum atomic E-state index is -0.522. The van der Waals surface area contributed by atoms with Crippen LogP contribution in [0.15, 0.2) is 29.4 Å². The van der Waals surface area contributed by atoms with Crippen LogP contribution in [0.25, 0.3) is 0 Å². The van der Waals surface area contributed by atoms with E-state index in [1.165, 1.54) is 0 Å². The van der Waals surface area contributed by atoms with Gasteiger partial charge in [0.15, 0.2) is 6.10 Å². The van der Waals surface area contributed by atoms with Crippen LogP contribution in [0.4, 0.5) is 10.5 Å². The number of piperazine rings is 1. The van der Waals surface area contributed by atoms with E-state index in [1.54, 1.807) is 0 Å². The number of para-hydroxylation sites is 2. The number of carbonyl (C=O) groups excluding carboxylic acids is 1. The average molecular weight is 405 g/mol. The van der Waals surface area contributed by atoms with Gasteiger partial charge in [0, 0.05) is 32.6 Å². The third kappa shape index (κ3) is 6.52. The molecule has 1 fully saturated rings. The molecule has 1 unspecified atom stereocenters. The lowest BCUT2D eigenvalue weighted by molar-refractivity contribution is 0.0472. The van der Waals surface area contributed by atoms with Gasteiger partial charge < -0.3 is 29.4 Å². The summed E-state index contributed by atoms with van der Waals surface area (Å²) in [6.07, 6.45) is -0.000998. The highest BCUT2D eigenvalue weighted by Crippen LogP contribution is 2.29. The van der Waals surface area contributed by atoms with E-state index in [2.05, 4.69) is 33.4 Å². The van der Waals surface area contributed by atoms with Crippen molar-refractivity contribution in [1.82, 2.24) is 10.2 Å². The van der Waals surface area contributed by atoms with Gasteiger partial charge in [-0.15, -0.1) is 0 Å². The lowest BCUT2D eigenvalue weighted by Crippen LogP contribution is -2.44. The van der Waals surface area contributed by atoms with E-state index < -0.39 is 11.7 Å². The highest BCUT2D eigenvalue weighted by molar-refractivity contribution is 5.89. The molecule has 1 amide bonds. The van der Waals surface area contributed by atoms with Gasteiger partial charge in [-0.2, -0.15) is 0 Å². The molecular weight excluding hydrogens is 372 g/mol. The molecule has 1 atom stereocenters. The summed E-state index contributed by atoms with van der Waals surface area (Å²) in [6.45, 7) is 10.3. The van der Waals surface area contributed by atoms with Gasteiger partial charge in [-0.05, 0) is 40.0 Å². The van der Waals surface area contributed by atoms with E-state index in [9.17, 15) is 4.79 Å². The number of ether oxygens (including phenoxy) is 2. The van der Waals surface area contributed by atoms with Gasteiger partial charge >= 0.3 is 6.09 Å². The molecule has 2 aliphatic rings. The predicted molar refractivity (Wildman–Crippen MR) is 113 cm³/mol. The Morgan fingerprint density at radius 1 is 1.24 bits per heavy atom. The number of nitrogens with one attached hydrogen (secondary N) is 1. The second-order valence-electron chi connectivity index (χ2n) is 8.51. The Morgan fingerprint density at radius 2 is 1.97 bits per heavy atom. The molecule has 0 saturated carbocycles. The average Bonchev–Trinajstić information content (AvgIpc) is 3.12. The van der Waals surface area contributed by atoms with Gasteiger partial charge in [0.2, 0.25) is 0 Å². The second kappa shape index (κ2) is 9.35. The molecule has 8 nitrogen and oxygen atoms in total. The number of carbonyl (C=O) groups is 1. The first-order chi connectivity index (χ1) is 13.8. The summed E-state index contributed by atoms with van der Waals surface area (Å²) in [6, 6.07) is 8.12. The molecule has 1 saturated heterocycles. The van der Waals surface area contributed by atoms with Crippen LogP contribution in [-0.4, -0.2) is 74.8 Å². The van der Waals surface area contributed by atoms with E-state index in [0.29, 0.717) is 19.6 Å². The number of amides is 1. The lowest BCUT2D eigenvalue weighted by atomic mass is 10.2. The molecule has 2 heterocycles. The zero-order valence-corrected chi connectivity index (χ0v) is 17.8. The SMILES string of the molecule is CN1CCN(c2ccccc2OCC2CC(CNC(=O)OC(C)(C)C)=NO2)CC1. The highest BCUT2D eigenvalue weighted by atomic mass is 16.7. The third-order valence-corrected chi connectivity index (χ3v) is 4.76. The zero-order valence-electron chi connectivity index (χ0n) is 17.8. The molecule has 1 N–H and O–H groups in total. The fraction of sp³-hybridized carbons (Fsp3) is 0.619. The normalized spacial score (nSPS) is 20.1. The smallest absolute Gasteiger partial charge is 0.407 e. The third-order valence-electron chi connectivity index (χ3n) is 4.76. The summed E-state index contributed by atoms with van der Waals surface area (Å²) in [5.74, 6) is 0.862. The van der Waals surface area contributed by atoms with Crippen LogP contribution in [-0.2, 0) is 9.57 Å². The van der Waals surface area contributed by atoms with Crippen molar-refractivity contribution in [3.05, 3.63) is 24.3 Å². The van der Waals surface area contributed by atoms with Gasteiger partial charge in [0.25, 0.3) is 0 Å². The van der Waals surface area contributed by atoms with Gasteiger partial charge in [-0.25, -0.2) is 4.79 Å². The number of likely N-dealkylation sites (N-methyl/N-ethyl adjacent to an activating group) is 1. The second-order valence-corrected chi connectivity index (χ2v) is 8.51. The van der Waals surface area contributed by atoms with Crippen molar-refractivity contribution in [1.29, 1.82) is 0 Å². The van der Waals surface area contributed by atoms with Crippen LogP contribution in [0, 0.1) is 0 Å². The summed E-state index contributed by atoms with van der Waals surface area (Å²) in [5, 5.41) is 6.78. The largest absolute Gasteiger partial charge is 0.487 e. The van der Waals surface area contributed by atoms with E-state index >= 15 is 0 Å². The van der Waals surface area contributed by atoms with Crippen molar-refractivity contribution in [2.24, 2.45) is 5.16 Å². The molecule has 0 radical (unpaired) electrons. The fourth-order valence-electron chi connectivity index (χ4n) is 3.24. The Balaban J connectivity index is 1.45. The van der Waals surface area contributed by atoms with Crippen LogP contribution >= 0.6 is 0 Å². The number of benzene rings is 1. The first kappa shape index (κ1) is 21.2. The van der Waals surface area contributed by atoms with E-state index in [1.807, 2.05) is 39.0 Å². The van der Waals surface area contributed by atoms with Gasteiger partial charge in [0.1, 0.15) is 18.0 Å². The number of anilines is 1. The van der Waals surface area contributed by atoms with Crippen LogP contribution < -0.4 is 15.0 Å². The van der Waals surface area contributed by atoms with Crippen molar-refractivity contribution in [3.63, 3.8) is 0 Å². The molecule has 29 heavy (non-hydrogen) atoms. The summed E-state index contributed by atoms with van der Waals surface area (Å²) in [7, 11) is 2.15. The van der Waals surface area contributed by atoms with Crippen LogP contribution in [0.5, 0.6) is 5.75 Å². The first-order valence-electron chi connectivity index (χ1n) is 10.1. The number of hydrogen-bond acceptors (Lipinski definition) is 7. The van der Waals surface area contributed by atoms with Gasteiger partial charge in [-0.1, -0.05) is 17.3 Å². The maximum Gasteiger partial charge on any atom is 0.407 e. The molecule has 3 rings (SSSR count). The monoisotopic (exact) mass is 404 g/mol. The quantitative estimate of drug-likeness (QED) is 0.785. The summed E-state index contributed by atoms with van der Waals surface area (Å²) >= 11 is 0. The number of rotatable bonds is 6. The summed E-state index contributed by atoms with van der Waals surface area (Å²) < 4.78 is 11.3. The minimum Gasteiger partial charge on any atom is -0.487 e. The van der Waals surface area contributed by atoms with Crippen LogP contribution in [0.2, 0.25) is 0 Å². The van der Waals surface area contributed by atoms with Crippen molar-refractivity contribution >= 4 is 17.5 Å². The molecule has 2 aliphatic heterocycles. The molecule has 0 aromatic heterocycles. The molecule has 0 aliphatic carbocycles. The first-order valence-corrected chi connectivity index (χ1v) is 10.1. The Kier molecular flexibility index (Phi) is 6.84. The Bertz CT molecular complexity index is 724. The van der Waals surface area contributed by atoms with E-state index in [-0.39, 0.29) is 6.10 Å². The number of oxime groups is 1. The van der Waals surface area contributed by atoms with E-state index in [0.717, 1.165) is 43.3 Å². The molecule has 0 spiro atoms. The topological polar surface area (TPSA) is 75.6 Å². The predicted octanol–water partition coefficient (Wildman–Crippen LogP) is 2.49. The minimum absolute atomic E-state index is 0.161. The maximum atomic E-state index is 11.8. The standard InChI is InChI=1S/C21H32N4O4/c1-21(2,3)28-20(26)22-14-16-13-17(29-23-16)15-27-19-8-6-5-7-18(19)25-11-9-24(4)10-12-25/h5-8,17H,9-15H2,1-4H3,(H,22,26). The molecule has 1 aromatic carbocycles. The lowest BCUT2D eigenvalue weighted by Gasteiger charge is -2.34. The van der Waals surface area contributed by atoms with Crippen molar-refractivity contribution in [3.8, 4) is 5.75 Å².